The average Bonchev–Trinajstić information content (AvgIpc) is 3.47. The summed E-state index contributed by atoms with van der Waals surface area (Å²) in [6.45, 7) is 0. The molecule has 132 valence electrons. The van der Waals surface area contributed by atoms with Crippen LogP contribution >= 0.6 is 23.4 Å². The number of nitrogens with one attached hydrogen (secondary N) is 2. The number of nitrogens with zero attached hydrogens (tertiary/aromatic N) is 3. The van der Waals surface area contributed by atoms with Gasteiger partial charge in [-0.15, -0.1) is 0 Å². The van der Waals surface area contributed by atoms with Crippen LogP contribution in [0.3, 0.4) is 0 Å². The van der Waals surface area contributed by atoms with E-state index in [0.29, 0.717) is 33.8 Å². The van der Waals surface area contributed by atoms with E-state index >= 15 is 0 Å². The SMILES string of the molecule is CNc1nc(Nc2ccc(C(=O)N(Cl)C3CC3)c(OC)c2)ncc1Cl. The summed E-state index contributed by atoms with van der Waals surface area (Å²) in [6, 6.07) is 5.21. The smallest absolute Gasteiger partial charge is 0.272 e. The Hall–Kier alpha value is -2.25. The van der Waals surface area contributed by atoms with E-state index < -0.39 is 0 Å². The summed E-state index contributed by atoms with van der Waals surface area (Å²) in [5, 5.41) is 6.36. The Morgan fingerprint density at radius 2 is 2.16 bits per heavy atom. The van der Waals surface area contributed by atoms with Crippen molar-refractivity contribution in [1.82, 2.24) is 14.4 Å². The van der Waals surface area contributed by atoms with Crippen LogP contribution in [0.2, 0.25) is 5.02 Å². The number of methoxy groups -OCH3 is 1. The van der Waals surface area contributed by atoms with Gasteiger partial charge in [0.1, 0.15) is 16.6 Å². The van der Waals surface area contributed by atoms with Crippen molar-refractivity contribution in [2.75, 3.05) is 24.8 Å². The normalized spacial score (nSPS) is 13.3. The summed E-state index contributed by atoms with van der Waals surface area (Å²) < 4.78 is 6.58. The largest absolute Gasteiger partial charge is 0.496 e. The number of halogens is 2. The maximum Gasteiger partial charge on any atom is 0.272 e. The number of benzene rings is 1. The highest BCUT2D eigenvalue weighted by molar-refractivity contribution is 6.32. The summed E-state index contributed by atoms with van der Waals surface area (Å²) in [5.41, 5.74) is 1.08. The summed E-state index contributed by atoms with van der Waals surface area (Å²) in [4.78, 5) is 20.8. The van der Waals surface area contributed by atoms with Crippen LogP contribution in [-0.2, 0) is 0 Å². The Bertz CT molecular complexity index is 798. The molecule has 0 saturated heterocycles. The van der Waals surface area contributed by atoms with Gasteiger partial charge in [0.2, 0.25) is 5.95 Å². The number of hydrogen-bond acceptors (Lipinski definition) is 6. The Morgan fingerprint density at radius 1 is 1.40 bits per heavy atom. The highest BCUT2D eigenvalue weighted by Crippen LogP contribution is 2.33. The van der Waals surface area contributed by atoms with E-state index in [9.17, 15) is 4.79 Å². The molecule has 0 aliphatic heterocycles. The maximum absolute atomic E-state index is 12.4. The molecule has 3 rings (SSSR count). The van der Waals surface area contributed by atoms with Crippen molar-refractivity contribution in [3.05, 3.63) is 35.0 Å². The Labute approximate surface area is 155 Å². The molecule has 0 atom stereocenters. The van der Waals surface area contributed by atoms with Gasteiger partial charge in [-0.2, -0.15) is 4.98 Å². The second-order valence-corrected chi connectivity index (χ2v) is 6.30. The number of anilines is 3. The first-order chi connectivity index (χ1) is 12.0. The summed E-state index contributed by atoms with van der Waals surface area (Å²) in [7, 11) is 3.22. The number of amides is 1. The van der Waals surface area contributed by atoms with Crippen LogP contribution in [0.25, 0.3) is 0 Å². The van der Waals surface area contributed by atoms with Gasteiger partial charge in [0.15, 0.2) is 0 Å². The molecule has 1 fully saturated rings. The zero-order valence-electron chi connectivity index (χ0n) is 13.7. The van der Waals surface area contributed by atoms with Gasteiger partial charge >= 0.3 is 0 Å². The molecule has 0 unspecified atom stereocenters. The lowest BCUT2D eigenvalue weighted by atomic mass is 10.1. The third-order valence-corrected chi connectivity index (χ3v) is 4.44. The van der Waals surface area contributed by atoms with Crippen LogP contribution in [0, 0.1) is 0 Å². The number of aromatic nitrogens is 2. The monoisotopic (exact) mass is 381 g/mol. The van der Waals surface area contributed by atoms with Crippen LogP contribution in [0.1, 0.15) is 23.2 Å². The van der Waals surface area contributed by atoms with Gasteiger partial charge in [0.25, 0.3) is 5.91 Å². The number of carbonyl (C=O) groups is 1. The van der Waals surface area contributed by atoms with Crippen molar-refractivity contribution in [3.8, 4) is 5.75 Å². The fourth-order valence-corrected chi connectivity index (χ4v) is 2.73. The first-order valence-electron chi connectivity index (χ1n) is 7.68. The van der Waals surface area contributed by atoms with E-state index in [0.717, 1.165) is 12.8 Å². The molecular formula is C16H17Cl2N5O2. The van der Waals surface area contributed by atoms with Crippen LogP contribution in [0.4, 0.5) is 17.5 Å². The fourth-order valence-electron chi connectivity index (χ4n) is 2.26. The molecule has 1 heterocycles. The number of ether oxygens (including phenoxy) is 1. The van der Waals surface area contributed by atoms with Crippen molar-refractivity contribution < 1.29 is 9.53 Å². The van der Waals surface area contributed by atoms with Crippen molar-refractivity contribution in [1.29, 1.82) is 0 Å². The van der Waals surface area contributed by atoms with E-state index in [-0.39, 0.29) is 11.9 Å². The lowest BCUT2D eigenvalue weighted by Gasteiger charge is -2.16. The lowest BCUT2D eigenvalue weighted by molar-refractivity contribution is 0.0854. The van der Waals surface area contributed by atoms with E-state index in [1.807, 2.05) is 0 Å². The first kappa shape index (κ1) is 17.6. The van der Waals surface area contributed by atoms with E-state index in [2.05, 4.69) is 20.6 Å². The summed E-state index contributed by atoms with van der Waals surface area (Å²) in [6.07, 6.45) is 3.36. The molecule has 0 bridgehead atoms. The molecule has 1 aromatic heterocycles. The third kappa shape index (κ3) is 3.88. The van der Waals surface area contributed by atoms with Crippen molar-refractivity contribution in [2.45, 2.75) is 18.9 Å². The molecule has 7 nitrogen and oxygen atoms in total. The van der Waals surface area contributed by atoms with E-state index in [4.69, 9.17) is 28.1 Å². The van der Waals surface area contributed by atoms with Crippen molar-refractivity contribution in [2.24, 2.45) is 0 Å². The van der Waals surface area contributed by atoms with Gasteiger partial charge < -0.3 is 15.4 Å². The Morgan fingerprint density at radius 3 is 2.80 bits per heavy atom. The molecule has 9 heteroatoms. The lowest BCUT2D eigenvalue weighted by Crippen LogP contribution is -2.24. The molecule has 1 aliphatic rings. The van der Waals surface area contributed by atoms with Gasteiger partial charge in [-0.1, -0.05) is 11.6 Å². The molecule has 1 aliphatic carbocycles. The van der Waals surface area contributed by atoms with Crippen LogP contribution in [-0.4, -0.2) is 40.5 Å². The molecule has 0 spiro atoms. The van der Waals surface area contributed by atoms with Crippen molar-refractivity contribution >= 4 is 46.7 Å². The molecule has 0 radical (unpaired) electrons. The average molecular weight is 382 g/mol. The minimum Gasteiger partial charge on any atom is -0.496 e. The zero-order valence-corrected chi connectivity index (χ0v) is 15.2. The van der Waals surface area contributed by atoms with Gasteiger partial charge in [0.05, 0.1) is 18.9 Å². The standard InChI is InChI=1S/C16H17Cl2N5O2/c1-19-14-12(17)8-20-16(22-14)21-9-3-6-11(13(7-9)25-2)15(24)23(18)10-4-5-10/h3,6-8,10H,4-5H2,1-2H3,(H2,19,20,21,22). The molecule has 1 amide bonds. The first-order valence-corrected chi connectivity index (χ1v) is 8.39. The number of hydrogen-bond donors (Lipinski definition) is 2. The van der Waals surface area contributed by atoms with E-state index in [1.165, 1.54) is 17.7 Å². The van der Waals surface area contributed by atoms with Crippen molar-refractivity contribution in [3.63, 3.8) is 0 Å². The molecular weight excluding hydrogens is 365 g/mol. The van der Waals surface area contributed by atoms with E-state index in [1.54, 1.807) is 25.2 Å². The van der Waals surface area contributed by atoms with Gasteiger partial charge in [-0.3, -0.25) is 4.79 Å². The predicted molar refractivity (Wildman–Crippen MR) is 97.9 cm³/mol. The summed E-state index contributed by atoms with van der Waals surface area (Å²) >= 11 is 12.1. The fraction of sp³-hybridized carbons (Fsp3) is 0.312. The zero-order chi connectivity index (χ0) is 18.0. The maximum atomic E-state index is 12.4. The second-order valence-electron chi connectivity index (χ2n) is 5.53. The van der Waals surface area contributed by atoms with Crippen LogP contribution in [0.5, 0.6) is 5.75 Å². The van der Waals surface area contributed by atoms with Crippen LogP contribution < -0.4 is 15.4 Å². The molecule has 25 heavy (non-hydrogen) atoms. The minimum atomic E-state index is -0.271. The summed E-state index contributed by atoms with van der Waals surface area (Å²) in [5.74, 6) is 1.03. The Kier molecular flexibility index (Phi) is 5.15. The minimum absolute atomic E-state index is 0.110. The quantitative estimate of drug-likeness (QED) is 0.742. The van der Waals surface area contributed by atoms with Gasteiger partial charge in [-0.25, -0.2) is 9.40 Å². The van der Waals surface area contributed by atoms with Crippen LogP contribution in [0.15, 0.2) is 24.4 Å². The third-order valence-electron chi connectivity index (χ3n) is 3.73. The topological polar surface area (TPSA) is 79.4 Å². The predicted octanol–water partition coefficient (Wildman–Crippen LogP) is 3.68. The highest BCUT2D eigenvalue weighted by Gasteiger charge is 2.33. The van der Waals surface area contributed by atoms with Gasteiger partial charge in [0, 0.05) is 36.6 Å². The number of carbonyl (C=O) groups excluding carboxylic acids is 1. The molecule has 2 N–H and O–H groups in total. The van der Waals surface area contributed by atoms with Gasteiger partial charge in [-0.05, 0) is 25.0 Å². The number of rotatable bonds is 6. The second kappa shape index (κ2) is 7.33. The molecule has 1 aromatic carbocycles. The molecule has 1 saturated carbocycles. The Balaban J connectivity index is 1.82. The molecule has 2 aromatic rings. The highest BCUT2D eigenvalue weighted by atomic mass is 35.5.